The molecule has 2 heterocycles. The van der Waals surface area contributed by atoms with Gasteiger partial charge < -0.3 is 10.6 Å². The molecule has 23 heavy (non-hydrogen) atoms. The summed E-state index contributed by atoms with van der Waals surface area (Å²) in [7, 11) is 0. The van der Waals surface area contributed by atoms with Crippen molar-refractivity contribution in [3.05, 3.63) is 42.0 Å². The summed E-state index contributed by atoms with van der Waals surface area (Å²) in [6, 6.07) is 6.14. The van der Waals surface area contributed by atoms with Crippen molar-refractivity contribution in [2.75, 3.05) is 6.54 Å². The monoisotopic (exact) mass is 335 g/mol. The lowest BCUT2D eigenvalue weighted by molar-refractivity contribution is 0.0920. The van der Waals surface area contributed by atoms with Crippen LogP contribution < -0.4 is 10.6 Å². The molecular weight excluding hydrogens is 314 g/mol. The smallest absolute Gasteiger partial charge is 0.251 e. The molecule has 124 valence electrons. The maximum absolute atomic E-state index is 12.4. The van der Waals surface area contributed by atoms with Crippen molar-refractivity contribution in [1.29, 1.82) is 0 Å². The van der Waals surface area contributed by atoms with Crippen LogP contribution in [0, 0.1) is 6.92 Å². The third-order valence-corrected chi connectivity index (χ3v) is 4.20. The molecule has 1 fully saturated rings. The second kappa shape index (κ2) is 7.57. The van der Waals surface area contributed by atoms with Crippen LogP contribution in [0.1, 0.15) is 35.7 Å². The third-order valence-electron chi connectivity index (χ3n) is 4.20. The molecule has 0 aliphatic carbocycles. The van der Waals surface area contributed by atoms with Crippen LogP contribution in [-0.4, -0.2) is 39.3 Å². The van der Waals surface area contributed by atoms with Crippen molar-refractivity contribution in [3.8, 4) is 5.69 Å². The standard InChI is InChI=1S/C16H21N5O.ClH/c1-11-8-13(5-6-15(11)21-10-17-9-19-21)16(22)20-14-4-3-7-18-12(14)2;/h5-6,8-10,12,14,18H,3-4,7H2,1-2H3,(H,20,22);1H. The Balaban J connectivity index is 0.00000192. The second-order valence-electron chi connectivity index (χ2n) is 5.81. The van der Waals surface area contributed by atoms with Crippen molar-refractivity contribution >= 4 is 18.3 Å². The molecule has 2 atom stereocenters. The Morgan fingerprint density at radius 2 is 2.26 bits per heavy atom. The van der Waals surface area contributed by atoms with E-state index >= 15 is 0 Å². The lowest BCUT2D eigenvalue weighted by Crippen LogP contribution is -2.51. The minimum absolute atomic E-state index is 0. The Morgan fingerprint density at radius 3 is 2.91 bits per heavy atom. The summed E-state index contributed by atoms with van der Waals surface area (Å²) in [4.78, 5) is 16.4. The number of rotatable bonds is 3. The van der Waals surface area contributed by atoms with Gasteiger partial charge in [-0.2, -0.15) is 5.10 Å². The fourth-order valence-electron chi connectivity index (χ4n) is 2.88. The number of piperidine rings is 1. The van der Waals surface area contributed by atoms with Crippen molar-refractivity contribution in [2.24, 2.45) is 0 Å². The van der Waals surface area contributed by atoms with Crippen molar-refractivity contribution < 1.29 is 4.79 Å². The van der Waals surface area contributed by atoms with Gasteiger partial charge in [0.1, 0.15) is 12.7 Å². The van der Waals surface area contributed by atoms with Crippen LogP contribution in [0.4, 0.5) is 0 Å². The lowest BCUT2D eigenvalue weighted by Gasteiger charge is -2.30. The number of benzene rings is 1. The zero-order valence-electron chi connectivity index (χ0n) is 13.3. The van der Waals surface area contributed by atoms with E-state index in [1.54, 1.807) is 11.0 Å². The highest BCUT2D eigenvalue weighted by molar-refractivity contribution is 5.94. The topological polar surface area (TPSA) is 71.8 Å². The molecule has 6 nitrogen and oxygen atoms in total. The molecule has 1 saturated heterocycles. The summed E-state index contributed by atoms with van der Waals surface area (Å²) >= 11 is 0. The van der Waals surface area contributed by atoms with Crippen molar-refractivity contribution in [3.63, 3.8) is 0 Å². The first kappa shape index (κ1) is 17.4. The third kappa shape index (κ3) is 3.89. The number of amides is 1. The van der Waals surface area contributed by atoms with Gasteiger partial charge in [0.2, 0.25) is 0 Å². The van der Waals surface area contributed by atoms with Gasteiger partial charge in [-0.3, -0.25) is 4.79 Å². The molecule has 1 aliphatic heterocycles. The van der Waals surface area contributed by atoms with Crippen LogP contribution in [-0.2, 0) is 0 Å². The van der Waals surface area contributed by atoms with E-state index in [4.69, 9.17) is 0 Å². The van der Waals surface area contributed by atoms with Crippen LogP contribution in [0.2, 0.25) is 0 Å². The molecule has 7 heteroatoms. The molecule has 0 spiro atoms. The van der Waals surface area contributed by atoms with E-state index in [9.17, 15) is 4.79 Å². The van der Waals surface area contributed by atoms with E-state index in [2.05, 4.69) is 27.6 Å². The lowest BCUT2D eigenvalue weighted by atomic mass is 9.99. The van der Waals surface area contributed by atoms with Crippen molar-refractivity contribution in [2.45, 2.75) is 38.8 Å². The number of aryl methyl sites for hydroxylation is 1. The number of nitrogens with zero attached hydrogens (tertiary/aromatic N) is 3. The summed E-state index contributed by atoms with van der Waals surface area (Å²) in [5, 5.41) is 10.6. The molecule has 1 amide bonds. The highest BCUT2D eigenvalue weighted by Gasteiger charge is 2.23. The fourth-order valence-corrected chi connectivity index (χ4v) is 2.88. The Morgan fingerprint density at radius 1 is 1.43 bits per heavy atom. The van der Waals surface area contributed by atoms with E-state index in [0.717, 1.165) is 30.6 Å². The minimum Gasteiger partial charge on any atom is -0.348 e. The van der Waals surface area contributed by atoms with E-state index in [0.29, 0.717) is 11.6 Å². The Hall–Kier alpha value is -1.92. The summed E-state index contributed by atoms with van der Waals surface area (Å²) in [6.07, 6.45) is 5.27. The first-order valence-electron chi connectivity index (χ1n) is 7.65. The Bertz CT molecular complexity index is 658. The summed E-state index contributed by atoms with van der Waals surface area (Å²) < 4.78 is 1.70. The summed E-state index contributed by atoms with van der Waals surface area (Å²) in [6.45, 7) is 5.11. The van der Waals surface area contributed by atoms with Gasteiger partial charge >= 0.3 is 0 Å². The maximum atomic E-state index is 12.4. The number of hydrogen-bond acceptors (Lipinski definition) is 4. The number of hydrogen-bond donors (Lipinski definition) is 2. The first-order valence-corrected chi connectivity index (χ1v) is 7.65. The van der Waals surface area contributed by atoms with E-state index < -0.39 is 0 Å². The predicted octanol–water partition coefficient (Wildman–Crippen LogP) is 1.87. The predicted molar refractivity (Wildman–Crippen MR) is 91.3 cm³/mol. The highest BCUT2D eigenvalue weighted by atomic mass is 35.5. The molecule has 1 aromatic carbocycles. The maximum Gasteiger partial charge on any atom is 0.251 e. The zero-order chi connectivity index (χ0) is 15.5. The van der Waals surface area contributed by atoms with Gasteiger partial charge in [-0.25, -0.2) is 9.67 Å². The van der Waals surface area contributed by atoms with Gasteiger partial charge in [-0.1, -0.05) is 0 Å². The number of carbonyl (C=O) groups is 1. The quantitative estimate of drug-likeness (QED) is 0.898. The van der Waals surface area contributed by atoms with E-state index in [-0.39, 0.29) is 24.4 Å². The molecule has 1 aliphatic rings. The van der Waals surface area contributed by atoms with Gasteiger partial charge in [0.05, 0.1) is 5.69 Å². The van der Waals surface area contributed by atoms with Gasteiger partial charge in [0.25, 0.3) is 5.91 Å². The summed E-state index contributed by atoms with van der Waals surface area (Å²) in [5.41, 5.74) is 2.61. The van der Waals surface area contributed by atoms with E-state index in [1.807, 2.05) is 25.1 Å². The number of carbonyl (C=O) groups excluding carboxylic acids is 1. The molecule has 3 rings (SSSR count). The number of halogens is 1. The molecule has 2 aromatic rings. The minimum atomic E-state index is -0.0196. The highest BCUT2D eigenvalue weighted by Crippen LogP contribution is 2.16. The first-order chi connectivity index (χ1) is 10.6. The van der Waals surface area contributed by atoms with Crippen LogP contribution in [0.15, 0.2) is 30.9 Å². The van der Waals surface area contributed by atoms with Crippen molar-refractivity contribution in [1.82, 2.24) is 25.4 Å². The normalized spacial score (nSPS) is 20.6. The number of nitrogens with one attached hydrogen (secondary N) is 2. The largest absolute Gasteiger partial charge is 0.348 e. The number of aromatic nitrogens is 3. The molecule has 0 saturated carbocycles. The fraction of sp³-hybridized carbons (Fsp3) is 0.438. The molecule has 2 unspecified atom stereocenters. The zero-order valence-corrected chi connectivity index (χ0v) is 14.1. The average molecular weight is 336 g/mol. The van der Waals surface area contributed by atoms with Gasteiger partial charge in [-0.05, 0) is 57.0 Å². The Labute approximate surface area is 142 Å². The van der Waals surface area contributed by atoms with E-state index in [1.165, 1.54) is 6.33 Å². The SMILES string of the molecule is Cc1cc(C(=O)NC2CCCNC2C)ccc1-n1cncn1.Cl. The molecule has 1 aromatic heterocycles. The molecule has 2 N–H and O–H groups in total. The molecule has 0 radical (unpaired) electrons. The average Bonchev–Trinajstić information content (AvgIpc) is 3.03. The van der Waals surface area contributed by atoms with Crippen LogP contribution in [0.3, 0.4) is 0 Å². The van der Waals surface area contributed by atoms with Crippen LogP contribution in [0.5, 0.6) is 0 Å². The summed E-state index contributed by atoms with van der Waals surface area (Å²) in [5.74, 6) is -0.0196. The van der Waals surface area contributed by atoms with Gasteiger partial charge in [0, 0.05) is 17.6 Å². The van der Waals surface area contributed by atoms with Crippen LogP contribution in [0.25, 0.3) is 5.69 Å². The van der Waals surface area contributed by atoms with Gasteiger partial charge in [0.15, 0.2) is 0 Å². The van der Waals surface area contributed by atoms with Crippen LogP contribution >= 0.6 is 12.4 Å². The second-order valence-corrected chi connectivity index (χ2v) is 5.81. The molecule has 0 bridgehead atoms. The van der Waals surface area contributed by atoms with Gasteiger partial charge in [-0.15, -0.1) is 12.4 Å². The molecular formula is C16H22ClN5O. The Kier molecular flexibility index (Phi) is 5.74.